The minimum atomic E-state index is -5.08. The molecule has 3 rings (SSSR count). The third-order valence-corrected chi connectivity index (χ3v) is 4.69. The molecule has 0 amide bonds. The molecule has 1 atom stereocenters. The van der Waals surface area contributed by atoms with E-state index in [1.54, 1.807) is 0 Å². The molecule has 2 aromatic rings. The number of fused-ring (bicyclic) bond motifs is 1. The molecule has 1 aliphatic rings. The van der Waals surface area contributed by atoms with E-state index in [4.69, 9.17) is 53.4 Å². The topological polar surface area (TPSA) is 119 Å². The molecular formula is C19H10Cl2F7NO6. The van der Waals surface area contributed by atoms with Gasteiger partial charge in [0.25, 0.3) is 0 Å². The predicted octanol–water partition coefficient (Wildman–Crippen LogP) is 5.93. The van der Waals surface area contributed by atoms with Crippen LogP contribution >= 0.6 is 23.2 Å². The zero-order valence-electron chi connectivity index (χ0n) is 16.5. The first-order valence-electron chi connectivity index (χ1n) is 8.67. The van der Waals surface area contributed by atoms with Crippen LogP contribution in [-0.4, -0.2) is 40.6 Å². The van der Waals surface area contributed by atoms with E-state index < -0.39 is 58.3 Å². The second kappa shape index (κ2) is 10.1. The number of ether oxygens (including phenoxy) is 2. The second-order valence-corrected chi connectivity index (χ2v) is 7.21. The van der Waals surface area contributed by atoms with E-state index in [9.17, 15) is 35.5 Å². The first-order valence-corrected chi connectivity index (χ1v) is 9.43. The van der Waals surface area contributed by atoms with Crippen molar-refractivity contribution in [1.82, 2.24) is 0 Å². The first-order chi connectivity index (χ1) is 15.9. The number of aliphatic carboxylic acids is 2. The zero-order valence-corrected chi connectivity index (χ0v) is 18.0. The molecule has 0 aliphatic carbocycles. The summed E-state index contributed by atoms with van der Waals surface area (Å²) in [7, 11) is 0. The number of para-hydroxylation sites is 1. The summed E-state index contributed by atoms with van der Waals surface area (Å²) in [6.45, 7) is 0. The van der Waals surface area contributed by atoms with Gasteiger partial charge in [-0.25, -0.2) is 14.0 Å². The Morgan fingerprint density at radius 1 is 1.06 bits per heavy atom. The molecule has 7 nitrogen and oxygen atoms in total. The summed E-state index contributed by atoms with van der Waals surface area (Å²) >= 11 is 11.5. The fourth-order valence-corrected chi connectivity index (χ4v) is 2.91. The molecule has 0 spiro atoms. The normalized spacial score (nSPS) is 15.1. The van der Waals surface area contributed by atoms with Gasteiger partial charge in [0, 0.05) is 11.6 Å². The number of alkyl halides is 6. The Kier molecular flexibility index (Phi) is 8.02. The van der Waals surface area contributed by atoms with Gasteiger partial charge in [0.15, 0.2) is 23.1 Å². The van der Waals surface area contributed by atoms with Gasteiger partial charge in [0.2, 0.25) is 6.10 Å². The van der Waals surface area contributed by atoms with E-state index in [0.29, 0.717) is 0 Å². The molecule has 1 heterocycles. The maximum atomic E-state index is 14.3. The lowest BCUT2D eigenvalue weighted by molar-refractivity contribution is -0.192. The lowest BCUT2D eigenvalue weighted by atomic mass is 10.0. The smallest absolute Gasteiger partial charge is 0.478 e. The second-order valence-electron chi connectivity index (χ2n) is 6.42. The number of hydrogen-bond acceptors (Lipinski definition) is 5. The zero-order chi connectivity index (χ0) is 26.9. The Morgan fingerprint density at radius 2 is 1.63 bits per heavy atom. The van der Waals surface area contributed by atoms with E-state index in [0.717, 1.165) is 12.1 Å². The van der Waals surface area contributed by atoms with Gasteiger partial charge in [0.1, 0.15) is 5.02 Å². The van der Waals surface area contributed by atoms with Gasteiger partial charge in [-0.05, 0) is 12.1 Å². The van der Waals surface area contributed by atoms with Gasteiger partial charge in [-0.1, -0.05) is 35.3 Å². The van der Waals surface area contributed by atoms with E-state index in [2.05, 4.69) is 0 Å². The molecule has 0 bridgehead atoms. The third kappa shape index (κ3) is 6.39. The maximum Gasteiger partial charge on any atom is 0.490 e. The maximum absolute atomic E-state index is 14.3. The molecule has 1 aliphatic heterocycles. The Labute approximate surface area is 200 Å². The molecule has 4 N–H and O–H groups in total. The van der Waals surface area contributed by atoms with Crippen molar-refractivity contribution in [1.29, 1.82) is 0 Å². The molecule has 16 heteroatoms. The predicted molar refractivity (Wildman–Crippen MR) is 107 cm³/mol. The summed E-state index contributed by atoms with van der Waals surface area (Å²) in [5.74, 6) is -6.85. The van der Waals surface area contributed by atoms with Gasteiger partial charge >= 0.3 is 24.3 Å². The molecule has 190 valence electrons. The van der Waals surface area contributed by atoms with Crippen LogP contribution in [0.3, 0.4) is 0 Å². The Bertz CT molecular complexity index is 1200. The van der Waals surface area contributed by atoms with Gasteiger partial charge in [-0.2, -0.15) is 26.3 Å². The molecule has 0 radical (unpaired) electrons. The number of anilines is 1. The number of nitrogens with two attached hydrogens (primary N) is 1. The lowest BCUT2D eigenvalue weighted by Gasteiger charge is -2.28. The highest BCUT2D eigenvalue weighted by atomic mass is 35.5. The molecule has 0 fully saturated rings. The van der Waals surface area contributed by atoms with E-state index in [-0.39, 0.29) is 22.0 Å². The van der Waals surface area contributed by atoms with E-state index in [1.165, 1.54) is 18.2 Å². The molecule has 1 unspecified atom stereocenters. The summed E-state index contributed by atoms with van der Waals surface area (Å²) in [5, 5.41) is 15.5. The van der Waals surface area contributed by atoms with Crippen LogP contribution in [-0.2, 0) is 9.59 Å². The first kappa shape index (κ1) is 27.9. The van der Waals surface area contributed by atoms with Crippen LogP contribution in [0.2, 0.25) is 10.0 Å². The van der Waals surface area contributed by atoms with E-state index in [1.807, 2.05) is 0 Å². The Morgan fingerprint density at radius 3 is 2.11 bits per heavy atom. The minimum Gasteiger partial charge on any atom is -0.478 e. The Hall–Kier alpha value is -3.39. The summed E-state index contributed by atoms with van der Waals surface area (Å²) < 4.78 is 95.9. The monoisotopic (exact) mass is 551 g/mol. The fourth-order valence-electron chi connectivity index (χ4n) is 2.47. The average molecular weight is 552 g/mol. The van der Waals surface area contributed by atoms with Crippen LogP contribution in [0.15, 0.2) is 29.8 Å². The van der Waals surface area contributed by atoms with Crippen LogP contribution < -0.4 is 15.2 Å². The molecule has 35 heavy (non-hydrogen) atoms. The summed E-state index contributed by atoms with van der Waals surface area (Å²) in [4.78, 5) is 20.1. The van der Waals surface area contributed by atoms with Crippen molar-refractivity contribution in [2.45, 2.75) is 18.5 Å². The van der Waals surface area contributed by atoms with Crippen LogP contribution in [0.5, 0.6) is 17.2 Å². The van der Waals surface area contributed by atoms with Crippen molar-refractivity contribution < 1.29 is 60.0 Å². The highest BCUT2D eigenvalue weighted by Crippen LogP contribution is 2.45. The molecular weight excluding hydrogens is 542 g/mol. The van der Waals surface area contributed by atoms with Crippen LogP contribution in [0.4, 0.5) is 36.4 Å². The lowest BCUT2D eigenvalue weighted by Crippen LogP contribution is -2.40. The molecule has 0 saturated carbocycles. The largest absolute Gasteiger partial charge is 0.490 e. The van der Waals surface area contributed by atoms with Crippen LogP contribution in [0, 0.1) is 5.82 Å². The minimum absolute atomic E-state index is 0.00319. The van der Waals surface area contributed by atoms with E-state index >= 15 is 0 Å². The van der Waals surface area contributed by atoms with Crippen LogP contribution in [0.1, 0.15) is 5.56 Å². The third-order valence-electron chi connectivity index (χ3n) is 4.01. The van der Waals surface area contributed by atoms with Crippen LogP contribution in [0.25, 0.3) is 6.08 Å². The highest BCUT2D eigenvalue weighted by Gasteiger charge is 2.49. The summed E-state index contributed by atoms with van der Waals surface area (Å²) in [6, 6.07) is 4.89. The standard InChI is InChI=1S/C17H9Cl2F4NO4.C2HF3O2/c18-8-5-10(12(20)11(19)13(8)24)27-9-3-1-2-6-4-7(16(25)26)15(17(21,22)23)28-14(6)9;3-2(4,5)1(6)7/h1-5,15H,24H2,(H,25,26);(H,6,7). The SMILES string of the molecule is Nc1c(Cl)cc(Oc2cccc3c2OC(C(F)(F)F)C(C(=O)O)=C3)c(F)c1Cl.O=C(O)C(F)(F)F. The summed E-state index contributed by atoms with van der Waals surface area (Å²) in [5.41, 5.74) is 4.27. The number of hydrogen-bond donors (Lipinski definition) is 3. The number of rotatable bonds is 3. The van der Waals surface area contributed by atoms with Gasteiger partial charge in [-0.15, -0.1) is 0 Å². The number of benzene rings is 2. The molecule has 0 aromatic heterocycles. The number of carboxylic acid groups (broad SMARTS) is 2. The van der Waals surface area contributed by atoms with Crippen molar-refractivity contribution in [3.63, 3.8) is 0 Å². The quantitative estimate of drug-likeness (QED) is 0.245. The summed E-state index contributed by atoms with van der Waals surface area (Å²) in [6.07, 6.45) is -12.0. The highest BCUT2D eigenvalue weighted by molar-refractivity contribution is 6.39. The van der Waals surface area contributed by atoms with Crippen molar-refractivity contribution in [2.75, 3.05) is 5.73 Å². The van der Waals surface area contributed by atoms with Crippen molar-refractivity contribution >= 4 is 46.9 Å². The Balaban J connectivity index is 0.000000540. The number of carbonyl (C=O) groups is 2. The van der Waals surface area contributed by atoms with Crippen molar-refractivity contribution in [2.24, 2.45) is 0 Å². The number of nitrogen functional groups attached to an aromatic ring is 1. The van der Waals surface area contributed by atoms with Gasteiger partial charge < -0.3 is 25.4 Å². The fraction of sp³-hybridized carbons (Fsp3) is 0.158. The van der Waals surface area contributed by atoms with Crippen molar-refractivity contribution in [3.8, 4) is 17.2 Å². The average Bonchev–Trinajstić information content (AvgIpc) is 2.74. The molecule has 2 aromatic carbocycles. The van der Waals surface area contributed by atoms with Gasteiger partial charge in [-0.3, -0.25) is 0 Å². The number of halogens is 9. The number of carboxylic acids is 2. The van der Waals surface area contributed by atoms with Gasteiger partial charge in [0.05, 0.1) is 16.3 Å². The molecule has 0 saturated heterocycles. The van der Waals surface area contributed by atoms with Crippen molar-refractivity contribution in [3.05, 3.63) is 51.3 Å².